The van der Waals surface area contributed by atoms with Crippen molar-refractivity contribution in [3.8, 4) is 0 Å². The van der Waals surface area contributed by atoms with E-state index in [2.05, 4.69) is 19.4 Å². The van der Waals surface area contributed by atoms with Crippen molar-refractivity contribution in [1.82, 2.24) is 9.36 Å². The van der Waals surface area contributed by atoms with Crippen molar-refractivity contribution >= 4 is 40.8 Å². The van der Waals surface area contributed by atoms with Gasteiger partial charge in [-0.1, -0.05) is 5.16 Å². The lowest BCUT2D eigenvalue weighted by Crippen LogP contribution is -2.16. The zero-order valence-electron chi connectivity index (χ0n) is 7.00. The van der Waals surface area contributed by atoms with Crippen LogP contribution in [0.5, 0.6) is 0 Å². The Morgan fingerprint density at radius 2 is 2.36 bits per heavy atom. The van der Waals surface area contributed by atoms with Gasteiger partial charge in [0.1, 0.15) is 7.11 Å². The monoisotopic (exact) mass is 238 g/mol. The first kappa shape index (κ1) is 12.6. The van der Waals surface area contributed by atoms with Crippen LogP contribution in [0.3, 0.4) is 0 Å². The molecule has 0 aromatic carbocycles. The lowest BCUT2D eigenvalue weighted by Gasteiger charge is -1.92. The summed E-state index contributed by atoms with van der Waals surface area (Å²) < 4.78 is 3.67. The van der Waals surface area contributed by atoms with E-state index in [1.54, 1.807) is 0 Å². The van der Waals surface area contributed by atoms with E-state index in [1.165, 1.54) is 7.11 Å². The molecule has 0 radical (unpaired) electrons. The second-order valence-electron chi connectivity index (χ2n) is 1.88. The minimum Gasteiger partial charge on any atom is -0.476 e. The van der Waals surface area contributed by atoms with Crippen LogP contribution in [0, 0.1) is 0 Å². The number of nitrogen functional groups attached to an aromatic ring is 1. The molecule has 0 aliphatic carbocycles. The van der Waals surface area contributed by atoms with Gasteiger partial charge in [0.25, 0.3) is 0 Å². The Balaban J connectivity index is 0.00000169. The van der Waals surface area contributed by atoms with Crippen molar-refractivity contribution in [2.24, 2.45) is 5.16 Å². The quantitative estimate of drug-likeness (QED) is 0.565. The molecule has 0 atom stereocenters. The molecule has 0 saturated carbocycles. The van der Waals surface area contributed by atoms with E-state index in [0.717, 1.165) is 11.5 Å². The molecule has 7 nitrogen and oxygen atoms in total. The fraction of sp³-hybridized carbons (Fsp3) is 0.200. The van der Waals surface area contributed by atoms with Gasteiger partial charge in [0, 0.05) is 11.5 Å². The van der Waals surface area contributed by atoms with Gasteiger partial charge >= 0.3 is 5.97 Å². The van der Waals surface area contributed by atoms with Gasteiger partial charge in [0.2, 0.25) is 11.5 Å². The number of carboxylic acid groups (broad SMARTS) is 1. The molecule has 1 aromatic heterocycles. The van der Waals surface area contributed by atoms with E-state index < -0.39 is 5.97 Å². The highest BCUT2D eigenvalue weighted by Gasteiger charge is 2.18. The van der Waals surface area contributed by atoms with Crippen LogP contribution in [0.2, 0.25) is 0 Å². The summed E-state index contributed by atoms with van der Waals surface area (Å²) in [6, 6.07) is 0. The van der Waals surface area contributed by atoms with Crippen LogP contribution < -0.4 is 5.73 Å². The fourth-order valence-electron chi connectivity index (χ4n) is 0.598. The molecule has 0 bridgehead atoms. The largest absolute Gasteiger partial charge is 0.476 e. The second-order valence-corrected chi connectivity index (χ2v) is 2.67. The number of rotatable bonds is 3. The highest BCUT2D eigenvalue weighted by molar-refractivity contribution is 7.09. The average Bonchev–Trinajstić information content (AvgIpc) is 2.46. The fourth-order valence-corrected chi connectivity index (χ4v) is 1.03. The Hall–Kier alpha value is -1.41. The molecule has 0 aliphatic heterocycles. The van der Waals surface area contributed by atoms with Gasteiger partial charge in [-0.2, -0.15) is 9.36 Å². The molecule has 0 unspecified atom stereocenters. The molecule has 9 heteroatoms. The SMILES string of the molecule is CON=C(C(=O)O)c1nsc(N)n1.Cl. The summed E-state index contributed by atoms with van der Waals surface area (Å²) in [5.74, 6) is -1.31. The number of hydrogen-bond acceptors (Lipinski definition) is 7. The number of anilines is 1. The molecular weight excluding hydrogens is 232 g/mol. The van der Waals surface area contributed by atoms with Crippen molar-refractivity contribution in [2.75, 3.05) is 12.8 Å². The molecule has 0 aliphatic rings. The third-order valence-corrected chi connectivity index (χ3v) is 1.58. The van der Waals surface area contributed by atoms with Gasteiger partial charge in [-0.05, 0) is 0 Å². The standard InChI is InChI=1S/C5H6N4O3S.ClH/c1-12-8-2(4(10)11)3-7-5(6)13-9-3;/h1H3,(H,10,11)(H2,6,7,9);1H. The average molecular weight is 239 g/mol. The first-order valence-corrected chi connectivity index (χ1v) is 3.86. The van der Waals surface area contributed by atoms with Crippen LogP contribution in [0.1, 0.15) is 5.82 Å². The van der Waals surface area contributed by atoms with Crippen LogP contribution >= 0.6 is 23.9 Å². The van der Waals surface area contributed by atoms with Crippen LogP contribution in [0.25, 0.3) is 0 Å². The molecule has 0 saturated heterocycles. The maximum absolute atomic E-state index is 10.6. The normalized spacial score (nSPS) is 10.5. The molecule has 1 rings (SSSR count). The molecule has 1 aromatic rings. The smallest absolute Gasteiger partial charge is 0.362 e. The molecule has 0 fully saturated rings. The minimum atomic E-state index is -1.26. The summed E-state index contributed by atoms with van der Waals surface area (Å²) in [4.78, 5) is 18.5. The summed E-state index contributed by atoms with van der Waals surface area (Å²) in [5, 5.41) is 12.1. The lowest BCUT2D eigenvalue weighted by atomic mass is 10.4. The summed E-state index contributed by atoms with van der Waals surface area (Å²) in [6.45, 7) is 0. The van der Waals surface area contributed by atoms with Crippen molar-refractivity contribution < 1.29 is 14.7 Å². The Labute approximate surface area is 89.2 Å². The molecule has 0 amide bonds. The Bertz CT molecular complexity index is 353. The van der Waals surface area contributed by atoms with Crippen molar-refractivity contribution in [1.29, 1.82) is 0 Å². The van der Waals surface area contributed by atoms with Crippen molar-refractivity contribution in [2.45, 2.75) is 0 Å². The first-order valence-electron chi connectivity index (χ1n) is 3.09. The van der Waals surface area contributed by atoms with E-state index in [4.69, 9.17) is 10.8 Å². The van der Waals surface area contributed by atoms with E-state index in [1.807, 2.05) is 0 Å². The van der Waals surface area contributed by atoms with E-state index in [0.29, 0.717) is 0 Å². The number of nitrogens with zero attached hydrogens (tertiary/aromatic N) is 3. The minimum absolute atomic E-state index is 0. The third-order valence-electron chi connectivity index (χ3n) is 1.04. The molecular formula is C5H7ClN4O3S. The zero-order chi connectivity index (χ0) is 9.84. The van der Waals surface area contributed by atoms with Gasteiger partial charge in [-0.3, -0.25) is 0 Å². The van der Waals surface area contributed by atoms with E-state index >= 15 is 0 Å². The van der Waals surface area contributed by atoms with Gasteiger partial charge in [0.15, 0.2) is 5.13 Å². The first-order chi connectivity index (χ1) is 6.15. The lowest BCUT2D eigenvalue weighted by molar-refractivity contribution is -0.129. The Morgan fingerprint density at radius 3 is 2.71 bits per heavy atom. The summed E-state index contributed by atoms with van der Waals surface area (Å²) in [5.41, 5.74) is 4.90. The Kier molecular flexibility index (Phi) is 4.81. The number of hydrogen-bond donors (Lipinski definition) is 2. The van der Waals surface area contributed by atoms with Crippen LogP contribution in [-0.2, 0) is 9.63 Å². The number of aliphatic carboxylic acids is 1. The van der Waals surface area contributed by atoms with E-state index in [-0.39, 0.29) is 29.1 Å². The van der Waals surface area contributed by atoms with Gasteiger partial charge in [0.05, 0.1) is 0 Å². The van der Waals surface area contributed by atoms with Gasteiger partial charge in [-0.25, -0.2) is 4.79 Å². The number of oxime groups is 1. The second kappa shape index (κ2) is 5.35. The number of halogens is 1. The van der Waals surface area contributed by atoms with Gasteiger partial charge in [-0.15, -0.1) is 12.4 Å². The summed E-state index contributed by atoms with van der Waals surface area (Å²) >= 11 is 0.893. The molecule has 0 spiro atoms. The highest BCUT2D eigenvalue weighted by Crippen LogP contribution is 2.06. The zero-order valence-corrected chi connectivity index (χ0v) is 8.63. The maximum atomic E-state index is 10.6. The van der Waals surface area contributed by atoms with Crippen molar-refractivity contribution in [3.05, 3.63) is 5.82 Å². The Morgan fingerprint density at radius 1 is 1.71 bits per heavy atom. The topological polar surface area (TPSA) is 111 Å². The number of carboxylic acids is 1. The van der Waals surface area contributed by atoms with E-state index in [9.17, 15) is 4.79 Å². The molecule has 1 heterocycles. The van der Waals surface area contributed by atoms with Gasteiger partial charge < -0.3 is 15.7 Å². The van der Waals surface area contributed by atoms with Crippen LogP contribution in [0.4, 0.5) is 5.13 Å². The summed E-state index contributed by atoms with van der Waals surface area (Å²) in [6.07, 6.45) is 0. The maximum Gasteiger partial charge on any atom is 0.362 e. The number of nitrogens with two attached hydrogens (primary N) is 1. The molecule has 3 N–H and O–H groups in total. The third kappa shape index (κ3) is 2.82. The number of aromatic nitrogens is 2. The summed E-state index contributed by atoms with van der Waals surface area (Å²) in [7, 11) is 1.23. The molecule has 78 valence electrons. The van der Waals surface area contributed by atoms with Crippen LogP contribution in [0.15, 0.2) is 5.16 Å². The predicted octanol–water partition coefficient (Wildman–Crippen LogP) is -0.0228. The highest BCUT2D eigenvalue weighted by atomic mass is 35.5. The molecule has 14 heavy (non-hydrogen) atoms. The number of carbonyl (C=O) groups is 1. The van der Waals surface area contributed by atoms with Crippen LogP contribution in [-0.4, -0.2) is 33.3 Å². The predicted molar refractivity (Wildman–Crippen MR) is 52.8 cm³/mol. The van der Waals surface area contributed by atoms with Crippen molar-refractivity contribution in [3.63, 3.8) is 0 Å².